The third-order valence-electron chi connectivity index (χ3n) is 3.87. The molecule has 0 saturated carbocycles. The average molecular weight is 373 g/mol. The molecule has 0 aromatic heterocycles. The van der Waals surface area contributed by atoms with Crippen molar-refractivity contribution in [2.75, 3.05) is 13.1 Å². The van der Waals surface area contributed by atoms with Gasteiger partial charge in [0.05, 0.1) is 0 Å². The minimum atomic E-state index is -5.84. The molecule has 1 aliphatic heterocycles. The lowest BCUT2D eigenvalue weighted by Gasteiger charge is -2.21. The van der Waals surface area contributed by atoms with Crippen LogP contribution in [0.4, 0.5) is 13.2 Å². The second-order valence-corrected chi connectivity index (χ2v) is 7.28. The Kier molecular flexibility index (Phi) is 11.4. The molecule has 0 spiro atoms. The minimum absolute atomic E-state index is 1.22. The van der Waals surface area contributed by atoms with E-state index in [4.69, 9.17) is 13.0 Å². The summed E-state index contributed by atoms with van der Waals surface area (Å²) in [6.07, 6.45) is 14.9. The zero-order valence-corrected chi connectivity index (χ0v) is 15.4. The summed E-state index contributed by atoms with van der Waals surface area (Å²) < 4.78 is 57.5. The topological polar surface area (TPSA) is 57.6 Å². The first-order valence-corrected chi connectivity index (χ1v) is 10.0. The van der Waals surface area contributed by atoms with Crippen molar-refractivity contribution >= 4 is 10.1 Å². The van der Waals surface area contributed by atoms with E-state index in [2.05, 4.69) is 24.8 Å². The first-order valence-electron chi connectivity index (χ1n) is 8.61. The maximum absolute atomic E-state index is 10.7. The zero-order chi connectivity index (χ0) is 18.6. The third kappa shape index (κ3) is 10.2. The van der Waals surface area contributed by atoms with Gasteiger partial charge in [0.1, 0.15) is 0 Å². The first kappa shape index (κ1) is 23.2. The van der Waals surface area contributed by atoms with Crippen molar-refractivity contribution < 1.29 is 26.1 Å². The van der Waals surface area contributed by atoms with Crippen LogP contribution >= 0.6 is 0 Å². The Balaban J connectivity index is 0.000000561. The molecule has 1 aliphatic rings. The number of hydrogen-bond acceptors (Lipinski definition) is 3. The van der Waals surface area contributed by atoms with Crippen molar-refractivity contribution in [1.82, 2.24) is 4.90 Å². The molecule has 0 bridgehead atoms. The van der Waals surface area contributed by atoms with E-state index in [0.717, 1.165) is 0 Å². The number of halogens is 3. The normalized spacial score (nSPS) is 15.1. The van der Waals surface area contributed by atoms with Gasteiger partial charge in [-0.25, -0.2) is 0 Å². The summed E-state index contributed by atoms with van der Waals surface area (Å²) in [6, 6.07) is 0. The van der Waals surface area contributed by atoms with Gasteiger partial charge in [0.25, 0.3) is 0 Å². The van der Waals surface area contributed by atoms with Gasteiger partial charge >= 0.3 is 15.6 Å². The standard InChI is InChI=1S/C15H29N.CHF3O3S/c1-3-5-6-7-8-9-10-13-16-14-11-12-15(16)4-2;2-1(3,4)8(5,6)7/h12H,3-11,13-14H2,1-2H3;(H,5,6,7). The average Bonchev–Trinajstić information content (AvgIpc) is 2.92. The number of rotatable bonds is 9. The van der Waals surface area contributed by atoms with Crippen molar-refractivity contribution in [2.45, 2.75) is 77.1 Å². The predicted molar refractivity (Wildman–Crippen MR) is 90.2 cm³/mol. The second-order valence-electron chi connectivity index (χ2n) is 5.87. The molecule has 1 rings (SSSR count). The number of hydrogen-bond donors (Lipinski definition) is 1. The molecule has 0 amide bonds. The van der Waals surface area contributed by atoms with E-state index in [-0.39, 0.29) is 0 Å². The van der Waals surface area contributed by atoms with Crippen LogP contribution in [0.2, 0.25) is 0 Å². The lowest BCUT2D eigenvalue weighted by molar-refractivity contribution is -0.0510. The van der Waals surface area contributed by atoms with Crippen molar-refractivity contribution in [1.29, 1.82) is 0 Å². The quantitative estimate of drug-likeness (QED) is 0.346. The fourth-order valence-corrected chi connectivity index (χ4v) is 2.54. The van der Waals surface area contributed by atoms with Gasteiger partial charge in [-0.2, -0.15) is 21.6 Å². The monoisotopic (exact) mass is 373 g/mol. The minimum Gasteiger partial charge on any atom is -0.375 e. The molecule has 1 N–H and O–H groups in total. The summed E-state index contributed by atoms with van der Waals surface area (Å²) >= 11 is 0. The molecule has 0 saturated heterocycles. The molecule has 0 aromatic carbocycles. The summed E-state index contributed by atoms with van der Waals surface area (Å²) in [7, 11) is -5.84. The lowest BCUT2D eigenvalue weighted by Crippen LogP contribution is -2.21. The number of unbranched alkanes of at least 4 members (excludes halogenated alkanes) is 6. The molecule has 0 aliphatic carbocycles. The Morgan fingerprint density at radius 1 is 1.08 bits per heavy atom. The second kappa shape index (κ2) is 11.7. The van der Waals surface area contributed by atoms with Crippen LogP contribution in [0.5, 0.6) is 0 Å². The summed E-state index contributed by atoms with van der Waals surface area (Å²) in [5.41, 5.74) is -3.95. The fraction of sp³-hybridized carbons (Fsp3) is 0.875. The van der Waals surface area contributed by atoms with E-state index >= 15 is 0 Å². The van der Waals surface area contributed by atoms with Gasteiger partial charge < -0.3 is 4.90 Å². The molecular weight excluding hydrogens is 343 g/mol. The molecule has 0 atom stereocenters. The molecule has 0 unspecified atom stereocenters. The molecule has 4 nitrogen and oxygen atoms in total. The Hall–Kier alpha value is -0.760. The highest BCUT2D eigenvalue weighted by Gasteiger charge is 2.44. The smallest absolute Gasteiger partial charge is 0.375 e. The van der Waals surface area contributed by atoms with Crippen LogP contribution in [0.3, 0.4) is 0 Å². The summed E-state index contributed by atoms with van der Waals surface area (Å²) in [6.45, 7) is 7.13. The van der Waals surface area contributed by atoms with Gasteiger partial charge in [-0.3, -0.25) is 4.55 Å². The SMILES string of the molecule is CCCCCCCCCN1CCC=C1CC.O=S(=O)(O)C(F)(F)F. The number of allylic oxidation sites excluding steroid dienone is 1. The largest absolute Gasteiger partial charge is 0.522 e. The molecular formula is C16H30F3NO3S. The van der Waals surface area contributed by atoms with E-state index in [1.54, 1.807) is 5.70 Å². The van der Waals surface area contributed by atoms with Gasteiger partial charge in [0.2, 0.25) is 0 Å². The molecule has 0 aromatic rings. The summed E-state index contributed by atoms with van der Waals surface area (Å²) in [5.74, 6) is 0. The lowest BCUT2D eigenvalue weighted by atomic mass is 10.1. The highest BCUT2D eigenvalue weighted by atomic mass is 32.2. The van der Waals surface area contributed by atoms with E-state index in [9.17, 15) is 13.2 Å². The predicted octanol–water partition coefficient (Wildman–Crippen LogP) is 5.13. The maximum atomic E-state index is 10.7. The van der Waals surface area contributed by atoms with Gasteiger partial charge in [0.15, 0.2) is 0 Å². The summed E-state index contributed by atoms with van der Waals surface area (Å²) in [5, 5.41) is 0. The van der Waals surface area contributed by atoms with E-state index in [1.807, 2.05) is 0 Å². The molecule has 144 valence electrons. The van der Waals surface area contributed by atoms with Gasteiger partial charge in [-0.05, 0) is 19.3 Å². The van der Waals surface area contributed by atoms with Crippen LogP contribution in [-0.4, -0.2) is 36.5 Å². The molecule has 1 heterocycles. The fourth-order valence-electron chi connectivity index (χ4n) is 2.54. The Labute approximate surface area is 143 Å². The van der Waals surface area contributed by atoms with Crippen molar-refractivity contribution in [3.8, 4) is 0 Å². The van der Waals surface area contributed by atoms with Crippen LogP contribution < -0.4 is 0 Å². The molecule has 8 heteroatoms. The number of nitrogens with zero attached hydrogens (tertiary/aromatic N) is 1. The Bertz CT molecular complexity index is 462. The van der Waals surface area contributed by atoms with Crippen molar-refractivity contribution in [2.24, 2.45) is 0 Å². The van der Waals surface area contributed by atoms with E-state index in [0.29, 0.717) is 0 Å². The van der Waals surface area contributed by atoms with Crippen LogP contribution in [0, 0.1) is 0 Å². The van der Waals surface area contributed by atoms with Gasteiger partial charge in [-0.1, -0.05) is 58.4 Å². The summed E-state index contributed by atoms with van der Waals surface area (Å²) in [4.78, 5) is 2.59. The van der Waals surface area contributed by atoms with Crippen LogP contribution in [0.1, 0.15) is 71.6 Å². The highest BCUT2D eigenvalue weighted by molar-refractivity contribution is 7.86. The first-order chi connectivity index (χ1) is 11.1. The van der Waals surface area contributed by atoms with Crippen LogP contribution in [0.15, 0.2) is 11.8 Å². The zero-order valence-electron chi connectivity index (χ0n) is 14.6. The number of alkyl halides is 3. The Morgan fingerprint density at radius 2 is 1.58 bits per heavy atom. The molecule has 0 fully saturated rings. The van der Waals surface area contributed by atoms with Crippen LogP contribution in [-0.2, 0) is 10.1 Å². The maximum Gasteiger partial charge on any atom is 0.522 e. The van der Waals surface area contributed by atoms with E-state index < -0.39 is 15.6 Å². The van der Waals surface area contributed by atoms with Gasteiger partial charge in [0, 0.05) is 18.8 Å². The van der Waals surface area contributed by atoms with Crippen LogP contribution in [0.25, 0.3) is 0 Å². The van der Waals surface area contributed by atoms with Crippen molar-refractivity contribution in [3.05, 3.63) is 11.8 Å². The Morgan fingerprint density at radius 3 is 2.04 bits per heavy atom. The van der Waals surface area contributed by atoms with Gasteiger partial charge in [-0.15, -0.1) is 0 Å². The molecule has 24 heavy (non-hydrogen) atoms. The molecule has 0 radical (unpaired) electrons. The van der Waals surface area contributed by atoms with Crippen molar-refractivity contribution in [3.63, 3.8) is 0 Å². The third-order valence-corrected chi connectivity index (χ3v) is 4.46. The van der Waals surface area contributed by atoms with E-state index in [1.165, 1.54) is 70.9 Å². The highest BCUT2D eigenvalue weighted by Crippen LogP contribution is 2.20.